The molecule has 0 N–H and O–H groups in total. The predicted octanol–water partition coefficient (Wildman–Crippen LogP) is 2.03. The Balaban J connectivity index is 2.81. The van der Waals surface area contributed by atoms with E-state index < -0.39 is 32.1 Å². The third-order valence-corrected chi connectivity index (χ3v) is 3.74. The van der Waals surface area contributed by atoms with Crippen molar-refractivity contribution in [3.63, 3.8) is 0 Å². The van der Waals surface area contributed by atoms with Gasteiger partial charge >= 0.3 is 18.4 Å². The van der Waals surface area contributed by atoms with E-state index in [1.807, 2.05) is 19.6 Å². The molecule has 0 radical (unpaired) electrons. The van der Waals surface area contributed by atoms with Gasteiger partial charge < -0.3 is 13.9 Å². The van der Waals surface area contributed by atoms with Gasteiger partial charge in [-0.2, -0.15) is 0 Å². The fraction of sp³-hybridized carbons (Fsp3) is 0.818. The molecule has 0 spiro atoms. The highest BCUT2D eigenvalue weighted by Gasteiger charge is 2.52. The Kier molecular flexibility index (Phi) is 3.98. The van der Waals surface area contributed by atoms with Crippen molar-refractivity contribution in [2.45, 2.75) is 52.8 Å². The maximum absolute atomic E-state index is 11.9. The molecule has 0 amide bonds. The normalized spacial score (nSPS) is 21.0. The molecule has 0 bridgehead atoms. The fourth-order valence-electron chi connectivity index (χ4n) is 1.67. The highest BCUT2D eigenvalue weighted by atomic mass is 28.4. The van der Waals surface area contributed by atoms with Crippen LogP contribution >= 0.6 is 0 Å². The van der Waals surface area contributed by atoms with Gasteiger partial charge in [0.2, 0.25) is 0 Å². The molecule has 1 aliphatic heterocycles. The van der Waals surface area contributed by atoms with Crippen molar-refractivity contribution in [1.82, 2.24) is 0 Å². The van der Waals surface area contributed by atoms with Gasteiger partial charge in [0.15, 0.2) is 13.7 Å². The Morgan fingerprint density at radius 3 is 1.82 bits per heavy atom. The van der Waals surface area contributed by atoms with Crippen LogP contribution in [0.2, 0.25) is 19.6 Å². The van der Waals surface area contributed by atoms with Crippen LogP contribution in [-0.4, -0.2) is 26.7 Å². The molecule has 1 fully saturated rings. The highest BCUT2D eigenvalue weighted by molar-refractivity contribution is 6.69. The zero-order valence-electron chi connectivity index (χ0n) is 11.0. The summed E-state index contributed by atoms with van der Waals surface area (Å²) in [7, 11) is -1.92. The minimum atomic E-state index is -1.92. The van der Waals surface area contributed by atoms with Crippen LogP contribution in [0.1, 0.15) is 26.7 Å². The topological polar surface area (TPSA) is 61.8 Å². The summed E-state index contributed by atoms with van der Waals surface area (Å²) in [5.41, 5.74) is -1.15. The first-order valence-corrected chi connectivity index (χ1v) is 9.26. The van der Waals surface area contributed by atoms with E-state index in [0.717, 1.165) is 0 Å². The summed E-state index contributed by atoms with van der Waals surface area (Å²) < 4.78 is 15.6. The van der Waals surface area contributed by atoms with Crippen LogP contribution < -0.4 is 0 Å². The first kappa shape index (κ1) is 14.2. The summed E-state index contributed by atoms with van der Waals surface area (Å²) in [4.78, 5) is 23.8. The van der Waals surface area contributed by atoms with E-state index in [4.69, 9.17) is 13.9 Å². The fourth-order valence-corrected chi connectivity index (χ4v) is 2.35. The van der Waals surface area contributed by atoms with Crippen LogP contribution in [0.15, 0.2) is 0 Å². The molecule has 6 heteroatoms. The van der Waals surface area contributed by atoms with Crippen LogP contribution in [0.5, 0.6) is 0 Å². The second-order valence-electron chi connectivity index (χ2n) is 5.12. The number of cyclic esters (lactones) is 2. The Morgan fingerprint density at radius 2 is 1.53 bits per heavy atom. The van der Waals surface area contributed by atoms with Crippen molar-refractivity contribution >= 4 is 20.3 Å². The number of hydrogen-bond acceptors (Lipinski definition) is 5. The van der Waals surface area contributed by atoms with Gasteiger partial charge in [-0.15, -0.1) is 0 Å². The number of esters is 2. The summed E-state index contributed by atoms with van der Waals surface area (Å²) >= 11 is 0. The lowest BCUT2D eigenvalue weighted by Gasteiger charge is -2.36. The van der Waals surface area contributed by atoms with Crippen LogP contribution in [0.3, 0.4) is 0 Å². The van der Waals surface area contributed by atoms with Crippen molar-refractivity contribution in [3.8, 4) is 0 Å². The SMILES string of the molecule is CCC1(CC)C(=O)OC(O[Si](C)(C)C)OC1=O. The number of ether oxygens (including phenoxy) is 2. The Bertz CT molecular complexity index is 296. The summed E-state index contributed by atoms with van der Waals surface area (Å²) in [5.74, 6) is -1.08. The molecule has 17 heavy (non-hydrogen) atoms. The molecule has 0 aromatic heterocycles. The van der Waals surface area contributed by atoms with Crippen LogP contribution in [0, 0.1) is 5.41 Å². The molecular formula is C11H20O5Si. The molecule has 0 unspecified atom stereocenters. The lowest BCUT2D eigenvalue weighted by Crippen LogP contribution is -2.52. The van der Waals surface area contributed by atoms with Crippen molar-refractivity contribution in [2.24, 2.45) is 5.41 Å². The van der Waals surface area contributed by atoms with Crippen molar-refractivity contribution in [2.75, 3.05) is 0 Å². The molecule has 0 aromatic carbocycles. The minimum absolute atomic E-state index is 0.376. The highest BCUT2D eigenvalue weighted by Crippen LogP contribution is 2.35. The second kappa shape index (κ2) is 4.78. The van der Waals surface area contributed by atoms with Gasteiger partial charge in [0.1, 0.15) is 0 Å². The quantitative estimate of drug-likeness (QED) is 0.439. The monoisotopic (exact) mass is 260 g/mol. The summed E-state index contributed by atoms with van der Waals surface area (Å²) in [6.07, 6.45) is 0.752. The molecule has 0 saturated carbocycles. The molecule has 98 valence electrons. The lowest BCUT2D eigenvalue weighted by atomic mass is 9.82. The Hall–Kier alpha value is -0.883. The van der Waals surface area contributed by atoms with Gasteiger partial charge in [-0.05, 0) is 32.5 Å². The Morgan fingerprint density at radius 1 is 1.12 bits per heavy atom. The van der Waals surface area contributed by atoms with Crippen LogP contribution in [0.4, 0.5) is 0 Å². The third kappa shape index (κ3) is 2.87. The van der Waals surface area contributed by atoms with Crippen LogP contribution in [0.25, 0.3) is 0 Å². The number of carbonyl (C=O) groups excluding carboxylic acids is 2. The molecule has 1 rings (SSSR count). The predicted molar refractivity (Wildman–Crippen MR) is 63.4 cm³/mol. The summed E-state index contributed by atoms with van der Waals surface area (Å²) in [6, 6.07) is 0. The van der Waals surface area contributed by atoms with E-state index in [1.54, 1.807) is 13.8 Å². The second-order valence-corrected chi connectivity index (χ2v) is 9.58. The van der Waals surface area contributed by atoms with Gasteiger partial charge in [0.25, 0.3) is 0 Å². The molecule has 5 nitrogen and oxygen atoms in total. The van der Waals surface area contributed by atoms with E-state index in [-0.39, 0.29) is 0 Å². The average Bonchev–Trinajstić information content (AvgIpc) is 2.16. The van der Waals surface area contributed by atoms with Gasteiger partial charge in [-0.3, -0.25) is 9.59 Å². The van der Waals surface area contributed by atoms with Gasteiger partial charge in [-0.25, -0.2) is 0 Å². The number of carbonyl (C=O) groups is 2. The minimum Gasteiger partial charge on any atom is -0.400 e. The molecule has 1 aliphatic rings. The number of hydrogen-bond donors (Lipinski definition) is 0. The maximum atomic E-state index is 11.9. The van der Waals surface area contributed by atoms with E-state index in [9.17, 15) is 9.59 Å². The summed E-state index contributed by atoms with van der Waals surface area (Å²) in [5, 5.41) is 0. The van der Waals surface area contributed by atoms with Gasteiger partial charge in [-0.1, -0.05) is 13.8 Å². The molecule has 1 heterocycles. The zero-order chi connectivity index (χ0) is 13.3. The van der Waals surface area contributed by atoms with Gasteiger partial charge in [0, 0.05) is 0 Å². The van der Waals surface area contributed by atoms with Crippen molar-refractivity contribution in [3.05, 3.63) is 0 Å². The molecule has 1 saturated heterocycles. The van der Waals surface area contributed by atoms with E-state index >= 15 is 0 Å². The third-order valence-electron chi connectivity index (χ3n) is 2.84. The molecular weight excluding hydrogens is 240 g/mol. The Labute approximate surface area is 103 Å². The van der Waals surface area contributed by atoms with E-state index in [2.05, 4.69) is 0 Å². The zero-order valence-corrected chi connectivity index (χ0v) is 12.0. The smallest absolute Gasteiger partial charge is 0.355 e. The maximum Gasteiger partial charge on any atom is 0.355 e. The standard InChI is InChI=1S/C11H20O5Si/c1-6-11(7-2)8(12)14-10(15-9(11)13)16-17(3,4)5/h10H,6-7H2,1-5H3. The van der Waals surface area contributed by atoms with Crippen molar-refractivity contribution in [1.29, 1.82) is 0 Å². The van der Waals surface area contributed by atoms with E-state index in [0.29, 0.717) is 12.8 Å². The van der Waals surface area contributed by atoms with Crippen molar-refractivity contribution < 1.29 is 23.5 Å². The lowest BCUT2D eigenvalue weighted by molar-refractivity contribution is -0.269. The largest absolute Gasteiger partial charge is 0.400 e. The molecule has 0 atom stereocenters. The molecule has 0 aliphatic carbocycles. The first-order valence-electron chi connectivity index (χ1n) is 5.85. The van der Waals surface area contributed by atoms with Crippen LogP contribution in [-0.2, 0) is 23.5 Å². The molecule has 0 aromatic rings. The van der Waals surface area contributed by atoms with Gasteiger partial charge in [0.05, 0.1) is 0 Å². The average molecular weight is 260 g/mol. The first-order chi connectivity index (χ1) is 7.75. The summed E-state index contributed by atoms with van der Waals surface area (Å²) in [6.45, 7) is 8.15. The van der Waals surface area contributed by atoms with E-state index in [1.165, 1.54) is 0 Å². The number of rotatable bonds is 4.